The van der Waals surface area contributed by atoms with Gasteiger partial charge in [-0.05, 0) is 48.5 Å². The molecule has 1 aliphatic heterocycles. The molecule has 0 bridgehead atoms. The Morgan fingerprint density at radius 1 is 0.879 bits per heavy atom. The summed E-state index contributed by atoms with van der Waals surface area (Å²) in [7, 11) is 4.51. The Labute approximate surface area is 188 Å². The average molecular weight is 450 g/mol. The maximum absolute atomic E-state index is 13.1. The SMILES string of the molecule is COc1cc(OC)c(OC)cc1/C=C1\Oc2cc(OC(=O)c3ccc(F)cc3)ccc2C1=O. The largest absolute Gasteiger partial charge is 0.496 e. The van der Waals surface area contributed by atoms with Crippen LogP contribution in [0.3, 0.4) is 0 Å². The molecule has 0 aliphatic carbocycles. The number of ketones is 1. The number of fused-ring (bicyclic) bond motifs is 1. The van der Waals surface area contributed by atoms with Crippen LogP contribution in [0.4, 0.5) is 4.39 Å². The van der Waals surface area contributed by atoms with Crippen LogP contribution in [0.5, 0.6) is 28.7 Å². The number of hydrogen-bond donors (Lipinski definition) is 0. The molecule has 0 aromatic heterocycles. The molecule has 0 saturated carbocycles. The quantitative estimate of drug-likeness (QED) is 0.306. The summed E-state index contributed by atoms with van der Waals surface area (Å²) in [5, 5.41) is 0. The number of benzene rings is 3. The van der Waals surface area contributed by atoms with Crippen LogP contribution in [0.25, 0.3) is 6.08 Å². The Bertz CT molecular complexity index is 1260. The van der Waals surface area contributed by atoms with Crippen molar-refractivity contribution in [3.8, 4) is 28.7 Å². The molecule has 33 heavy (non-hydrogen) atoms. The second-order valence-corrected chi connectivity index (χ2v) is 6.94. The first-order valence-corrected chi connectivity index (χ1v) is 9.79. The van der Waals surface area contributed by atoms with Gasteiger partial charge < -0.3 is 23.7 Å². The lowest BCUT2D eigenvalue weighted by Crippen LogP contribution is -2.08. The second-order valence-electron chi connectivity index (χ2n) is 6.94. The van der Waals surface area contributed by atoms with E-state index in [1.807, 2.05) is 0 Å². The number of carbonyl (C=O) groups excluding carboxylic acids is 2. The van der Waals surface area contributed by atoms with Gasteiger partial charge in [0.2, 0.25) is 5.78 Å². The van der Waals surface area contributed by atoms with Gasteiger partial charge in [0, 0.05) is 17.7 Å². The minimum Gasteiger partial charge on any atom is -0.496 e. The lowest BCUT2D eigenvalue weighted by atomic mass is 10.1. The molecule has 0 atom stereocenters. The van der Waals surface area contributed by atoms with Gasteiger partial charge in [-0.3, -0.25) is 4.79 Å². The standard InChI is InChI=1S/C25H19FO7/c1-29-19-13-22(31-3)21(30-2)10-15(19)11-23-24(27)18-9-8-17(12-20(18)33-23)32-25(28)14-4-6-16(26)7-5-14/h4-13H,1-3H3/b23-11-. The summed E-state index contributed by atoms with van der Waals surface area (Å²) >= 11 is 0. The zero-order valence-corrected chi connectivity index (χ0v) is 18.0. The fourth-order valence-electron chi connectivity index (χ4n) is 3.29. The van der Waals surface area contributed by atoms with E-state index in [1.165, 1.54) is 69.9 Å². The Morgan fingerprint density at radius 3 is 2.21 bits per heavy atom. The molecular weight excluding hydrogens is 431 g/mol. The third kappa shape index (κ3) is 4.36. The third-order valence-electron chi connectivity index (χ3n) is 4.95. The molecule has 3 aromatic rings. The summed E-state index contributed by atoms with van der Waals surface area (Å²) < 4.78 is 40.1. The first-order chi connectivity index (χ1) is 15.9. The van der Waals surface area contributed by atoms with E-state index in [0.29, 0.717) is 28.4 Å². The van der Waals surface area contributed by atoms with Crippen molar-refractivity contribution >= 4 is 17.8 Å². The van der Waals surface area contributed by atoms with Crippen LogP contribution in [-0.2, 0) is 0 Å². The maximum Gasteiger partial charge on any atom is 0.343 e. The molecule has 4 rings (SSSR count). The number of halogens is 1. The van der Waals surface area contributed by atoms with Crippen LogP contribution in [-0.4, -0.2) is 33.1 Å². The highest BCUT2D eigenvalue weighted by Gasteiger charge is 2.29. The predicted octanol–water partition coefficient (Wildman–Crippen LogP) is 4.69. The lowest BCUT2D eigenvalue weighted by Gasteiger charge is -2.12. The van der Waals surface area contributed by atoms with Crippen LogP contribution in [0.15, 0.2) is 60.4 Å². The van der Waals surface area contributed by atoms with E-state index >= 15 is 0 Å². The number of carbonyl (C=O) groups is 2. The highest BCUT2D eigenvalue weighted by molar-refractivity contribution is 6.14. The van der Waals surface area contributed by atoms with Crippen LogP contribution in [0, 0.1) is 5.82 Å². The summed E-state index contributed by atoms with van der Waals surface area (Å²) in [4.78, 5) is 25.1. The smallest absolute Gasteiger partial charge is 0.343 e. The summed E-state index contributed by atoms with van der Waals surface area (Å²) in [5.41, 5.74) is 1.06. The molecule has 3 aromatic carbocycles. The van der Waals surface area contributed by atoms with E-state index in [-0.39, 0.29) is 28.6 Å². The van der Waals surface area contributed by atoms with Gasteiger partial charge in [0.05, 0.1) is 32.5 Å². The molecule has 0 amide bonds. The van der Waals surface area contributed by atoms with Crippen molar-refractivity contribution in [1.82, 2.24) is 0 Å². The molecule has 8 heteroatoms. The number of methoxy groups -OCH3 is 3. The van der Waals surface area contributed by atoms with Gasteiger partial charge >= 0.3 is 5.97 Å². The Hall–Kier alpha value is -4.33. The molecule has 0 saturated heterocycles. The summed E-state index contributed by atoms with van der Waals surface area (Å²) in [6.07, 6.45) is 1.54. The van der Waals surface area contributed by atoms with E-state index in [0.717, 1.165) is 0 Å². The van der Waals surface area contributed by atoms with Crippen molar-refractivity contribution in [2.75, 3.05) is 21.3 Å². The Balaban J connectivity index is 1.59. The molecule has 7 nitrogen and oxygen atoms in total. The molecule has 0 spiro atoms. The van der Waals surface area contributed by atoms with Crippen LogP contribution >= 0.6 is 0 Å². The number of Topliss-reactive ketones (excluding diaryl/α,β-unsaturated/α-hetero) is 1. The Morgan fingerprint density at radius 2 is 1.55 bits per heavy atom. The lowest BCUT2D eigenvalue weighted by molar-refractivity contribution is 0.0734. The molecule has 0 N–H and O–H groups in total. The van der Waals surface area contributed by atoms with E-state index in [1.54, 1.807) is 12.1 Å². The topological polar surface area (TPSA) is 80.3 Å². The van der Waals surface area contributed by atoms with Gasteiger partial charge in [-0.15, -0.1) is 0 Å². The first kappa shape index (κ1) is 21.9. The summed E-state index contributed by atoms with van der Waals surface area (Å²) in [6.45, 7) is 0. The zero-order valence-electron chi connectivity index (χ0n) is 18.0. The fraction of sp³-hybridized carbons (Fsp3) is 0.120. The number of esters is 1. The number of ether oxygens (including phenoxy) is 5. The minimum atomic E-state index is -0.662. The Kier molecular flexibility index (Phi) is 5.99. The summed E-state index contributed by atoms with van der Waals surface area (Å²) in [5.74, 6) is 0.439. The molecule has 0 unspecified atom stereocenters. The highest BCUT2D eigenvalue weighted by Crippen LogP contribution is 2.39. The van der Waals surface area contributed by atoms with Crippen LogP contribution in [0.2, 0.25) is 0 Å². The van der Waals surface area contributed by atoms with E-state index in [9.17, 15) is 14.0 Å². The summed E-state index contributed by atoms with van der Waals surface area (Å²) in [6, 6.07) is 12.7. The van der Waals surface area contributed by atoms with Crippen LogP contribution < -0.4 is 23.7 Å². The molecule has 1 aliphatic rings. The zero-order chi connectivity index (χ0) is 23.5. The average Bonchev–Trinajstić information content (AvgIpc) is 3.13. The minimum absolute atomic E-state index is 0.0672. The van der Waals surface area contributed by atoms with Gasteiger partial charge in [0.25, 0.3) is 0 Å². The molecule has 0 radical (unpaired) electrons. The van der Waals surface area contributed by atoms with Crippen molar-refractivity contribution in [1.29, 1.82) is 0 Å². The van der Waals surface area contributed by atoms with Crippen LogP contribution in [0.1, 0.15) is 26.3 Å². The van der Waals surface area contributed by atoms with E-state index < -0.39 is 11.8 Å². The monoisotopic (exact) mass is 450 g/mol. The van der Waals surface area contributed by atoms with Gasteiger partial charge in [-0.2, -0.15) is 0 Å². The van der Waals surface area contributed by atoms with Crippen molar-refractivity contribution in [2.45, 2.75) is 0 Å². The fourth-order valence-corrected chi connectivity index (χ4v) is 3.29. The molecule has 0 fully saturated rings. The normalized spacial score (nSPS) is 13.3. The van der Waals surface area contributed by atoms with Gasteiger partial charge in [0.1, 0.15) is 23.1 Å². The van der Waals surface area contributed by atoms with Crippen molar-refractivity contribution in [2.24, 2.45) is 0 Å². The third-order valence-corrected chi connectivity index (χ3v) is 4.95. The second kappa shape index (κ2) is 9.04. The predicted molar refractivity (Wildman–Crippen MR) is 117 cm³/mol. The maximum atomic E-state index is 13.1. The number of hydrogen-bond acceptors (Lipinski definition) is 7. The van der Waals surface area contributed by atoms with Gasteiger partial charge in [-0.25, -0.2) is 9.18 Å². The van der Waals surface area contributed by atoms with Gasteiger partial charge in [-0.1, -0.05) is 0 Å². The van der Waals surface area contributed by atoms with Gasteiger partial charge in [0.15, 0.2) is 17.3 Å². The molecular formula is C25H19FO7. The highest BCUT2D eigenvalue weighted by atomic mass is 19.1. The van der Waals surface area contributed by atoms with Crippen molar-refractivity contribution < 1.29 is 37.7 Å². The van der Waals surface area contributed by atoms with E-state index in [2.05, 4.69) is 0 Å². The number of rotatable bonds is 6. The van der Waals surface area contributed by atoms with Crippen molar-refractivity contribution in [3.05, 3.63) is 82.9 Å². The molecule has 168 valence electrons. The van der Waals surface area contributed by atoms with Crippen molar-refractivity contribution in [3.63, 3.8) is 0 Å². The van der Waals surface area contributed by atoms with E-state index in [4.69, 9.17) is 23.7 Å². The number of allylic oxidation sites excluding steroid dienone is 1. The molecule has 1 heterocycles. The first-order valence-electron chi connectivity index (χ1n) is 9.79.